The molecule has 0 bridgehead atoms. The maximum Gasteiger partial charge on any atom is 0.337 e. The van der Waals surface area contributed by atoms with Gasteiger partial charge in [0.1, 0.15) is 5.70 Å². The summed E-state index contributed by atoms with van der Waals surface area (Å²) in [6.45, 7) is 0.431. The van der Waals surface area contributed by atoms with Crippen molar-refractivity contribution in [3.63, 3.8) is 0 Å². The minimum atomic E-state index is -3.76. The predicted octanol–water partition coefficient (Wildman–Crippen LogP) is -0.259. The first-order valence-corrected chi connectivity index (χ1v) is 11.1. The Bertz CT molecular complexity index is 972. The summed E-state index contributed by atoms with van der Waals surface area (Å²) in [6.07, 6.45) is 0. The van der Waals surface area contributed by atoms with Crippen LogP contribution < -0.4 is 10.0 Å². The molecule has 12 heteroatoms. The van der Waals surface area contributed by atoms with Crippen LogP contribution in [0, 0.1) is 0 Å². The number of hydrogen-bond donors (Lipinski definition) is 3. The lowest BCUT2D eigenvalue weighted by Crippen LogP contribution is -2.31. The molecule has 10 nitrogen and oxygen atoms in total. The Morgan fingerprint density at radius 3 is 2.66 bits per heavy atom. The number of aliphatic imine (C=N–C) groups is 1. The van der Waals surface area contributed by atoms with E-state index in [2.05, 4.69) is 15.0 Å². The van der Waals surface area contributed by atoms with Gasteiger partial charge >= 0.3 is 5.97 Å². The topological polar surface area (TPSA) is 137 Å². The van der Waals surface area contributed by atoms with E-state index in [0.717, 1.165) is 5.75 Å². The number of aliphatic hydroxyl groups is 1. The standard InChI is InChI=1S/C17H20N4O6S2/c1-27-16(24)13-10-21(7-8-22)15(23)14(13)19-11-2-4-12(5-3-11)29(25,26)20-17-18-6-9-28-17/h2-5,19,22H,6-10H2,1H3,(H,18,20). The number of thioether (sulfide) groups is 1. The van der Waals surface area contributed by atoms with Crippen LogP contribution in [0.5, 0.6) is 0 Å². The second kappa shape index (κ2) is 8.84. The molecule has 1 amide bonds. The smallest absolute Gasteiger partial charge is 0.337 e. The zero-order chi connectivity index (χ0) is 21.0. The fraction of sp³-hybridized carbons (Fsp3) is 0.353. The highest BCUT2D eigenvalue weighted by molar-refractivity contribution is 8.15. The van der Waals surface area contributed by atoms with Crippen molar-refractivity contribution in [2.75, 3.05) is 44.4 Å². The molecule has 2 aliphatic heterocycles. The summed E-state index contributed by atoms with van der Waals surface area (Å²) in [6, 6.07) is 5.74. The molecule has 0 unspecified atom stereocenters. The maximum atomic E-state index is 12.5. The van der Waals surface area contributed by atoms with E-state index in [1.54, 1.807) is 0 Å². The normalized spacial score (nSPS) is 16.8. The summed E-state index contributed by atoms with van der Waals surface area (Å²) in [7, 11) is -2.55. The molecule has 2 heterocycles. The van der Waals surface area contributed by atoms with Gasteiger partial charge in [-0.25, -0.2) is 13.2 Å². The number of esters is 1. The van der Waals surface area contributed by atoms with Crippen LogP contribution in [0.3, 0.4) is 0 Å². The van der Waals surface area contributed by atoms with Crippen molar-refractivity contribution in [1.29, 1.82) is 0 Å². The number of anilines is 1. The van der Waals surface area contributed by atoms with Gasteiger partial charge in [-0.15, -0.1) is 0 Å². The average molecular weight is 441 g/mol. The SMILES string of the molecule is COC(=O)C1=C(Nc2ccc(S(=O)(=O)NC3=NCCS3)cc2)C(=O)N(CCO)C1. The molecule has 1 aromatic carbocycles. The number of benzene rings is 1. The number of amides is 1. The highest BCUT2D eigenvalue weighted by atomic mass is 32.2. The summed E-state index contributed by atoms with van der Waals surface area (Å²) in [5.74, 6) is -0.367. The van der Waals surface area contributed by atoms with Gasteiger partial charge < -0.3 is 20.1 Å². The van der Waals surface area contributed by atoms with Crippen LogP contribution in [0.15, 0.2) is 45.4 Å². The van der Waals surface area contributed by atoms with Gasteiger partial charge in [0.05, 0.1) is 37.3 Å². The number of methoxy groups -OCH3 is 1. The number of hydrogen-bond acceptors (Lipinski definition) is 9. The van der Waals surface area contributed by atoms with Gasteiger partial charge in [0.2, 0.25) is 0 Å². The minimum Gasteiger partial charge on any atom is -0.466 e. The van der Waals surface area contributed by atoms with Crippen LogP contribution >= 0.6 is 11.8 Å². The quantitative estimate of drug-likeness (QED) is 0.493. The fourth-order valence-corrected chi connectivity index (χ4v) is 4.81. The number of nitrogens with one attached hydrogen (secondary N) is 2. The molecule has 3 N–H and O–H groups in total. The number of rotatable bonds is 7. The van der Waals surface area contributed by atoms with Crippen molar-refractivity contribution in [1.82, 2.24) is 9.62 Å². The molecule has 0 aromatic heterocycles. The van der Waals surface area contributed by atoms with Crippen molar-refractivity contribution in [2.24, 2.45) is 4.99 Å². The number of amidine groups is 1. The molecule has 0 saturated heterocycles. The summed E-state index contributed by atoms with van der Waals surface area (Å²) in [5, 5.41) is 12.3. The Labute approximate surface area is 172 Å². The van der Waals surface area contributed by atoms with Gasteiger partial charge in [0.15, 0.2) is 5.17 Å². The zero-order valence-electron chi connectivity index (χ0n) is 15.5. The summed E-state index contributed by atoms with van der Waals surface area (Å²) in [4.78, 5) is 29.9. The van der Waals surface area contributed by atoms with E-state index >= 15 is 0 Å². The summed E-state index contributed by atoms with van der Waals surface area (Å²) >= 11 is 1.34. The number of β-amino-alcohol motifs (C(OH)–C–C–N with tert-alkyl or cyclic N) is 1. The van der Waals surface area contributed by atoms with E-state index in [0.29, 0.717) is 17.4 Å². The van der Waals surface area contributed by atoms with Crippen molar-refractivity contribution >= 4 is 44.5 Å². The minimum absolute atomic E-state index is 0.0184. The van der Waals surface area contributed by atoms with E-state index in [9.17, 15) is 18.0 Å². The first-order chi connectivity index (χ1) is 13.9. The molecule has 0 saturated carbocycles. The Hall–Kier alpha value is -2.57. The van der Waals surface area contributed by atoms with Crippen LogP contribution in [0.4, 0.5) is 5.69 Å². The predicted molar refractivity (Wildman–Crippen MR) is 108 cm³/mol. The molecule has 0 aliphatic carbocycles. The van der Waals surface area contributed by atoms with Gasteiger partial charge in [-0.1, -0.05) is 11.8 Å². The molecule has 0 fully saturated rings. The number of nitrogens with zero attached hydrogens (tertiary/aromatic N) is 2. The van der Waals surface area contributed by atoms with Crippen molar-refractivity contribution in [3.05, 3.63) is 35.5 Å². The van der Waals surface area contributed by atoms with E-state index < -0.39 is 21.9 Å². The molecule has 3 rings (SSSR count). The molecule has 2 aliphatic rings. The highest BCUT2D eigenvalue weighted by Gasteiger charge is 2.34. The van der Waals surface area contributed by atoms with Crippen molar-refractivity contribution in [2.45, 2.75) is 4.90 Å². The number of carbonyl (C=O) groups is 2. The number of sulfonamides is 1. The fourth-order valence-electron chi connectivity index (χ4n) is 2.78. The van der Waals surface area contributed by atoms with Gasteiger partial charge in [0, 0.05) is 18.0 Å². The van der Waals surface area contributed by atoms with Gasteiger partial charge in [-0.3, -0.25) is 14.5 Å². The Morgan fingerprint density at radius 1 is 1.34 bits per heavy atom. The number of aliphatic hydroxyl groups excluding tert-OH is 1. The number of carbonyl (C=O) groups excluding carboxylic acids is 2. The third-order valence-electron chi connectivity index (χ3n) is 4.19. The van der Waals surface area contributed by atoms with Crippen LogP contribution in [-0.2, 0) is 24.3 Å². The second-order valence-corrected chi connectivity index (χ2v) is 8.85. The van der Waals surface area contributed by atoms with E-state index in [1.807, 2.05) is 0 Å². The van der Waals surface area contributed by atoms with Gasteiger partial charge in [-0.05, 0) is 24.3 Å². The third-order valence-corrected chi connectivity index (χ3v) is 6.57. The monoisotopic (exact) mass is 440 g/mol. The molecule has 29 heavy (non-hydrogen) atoms. The first kappa shape index (κ1) is 21.1. The average Bonchev–Trinajstić information content (AvgIpc) is 3.31. The molecule has 0 spiro atoms. The Balaban J connectivity index is 1.78. The van der Waals surface area contributed by atoms with Crippen LogP contribution in [0.25, 0.3) is 0 Å². The molecular weight excluding hydrogens is 420 g/mol. The van der Waals surface area contributed by atoms with Crippen LogP contribution in [-0.4, -0.2) is 74.6 Å². The van der Waals surface area contributed by atoms with Crippen LogP contribution in [0.2, 0.25) is 0 Å². The van der Waals surface area contributed by atoms with Crippen LogP contribution in [0.1, 0.15) is 0 Å². The molecular formula is C17H20N4O6S2. The van der Waals surface area contributed by atoms with Gasteiger partial charge in [0.25, 0.3) is 15.9 Å². The summed E-state index contributed by atoms with van der Waals surface area (Å²) < 4.78 is 32.0. The largest absolute Gasteiger partial charge is 0.466 e. The van der Waals surface area contributed by atoms with Crippen molar-refractivity contribution < 1.29 is 27.9 Å². The Kier molecular flexibility index (Phi) is 6.45. The Morgan fingerprint density at radius 2 is 2.07 bits per heavy atom. The summed E-state index contributed by atoms with van der Waals surface area (Å²) in [5.41, 5.74) is 0.600. The molecule has 0 atom stereocenters. The van der Waals surface area contributed by atoms with E-state index in [1.165, 1.54) is 48.0 Å². The first-order valence-electron chi connectivity index (χ1n) is 8.64. The lowest BCUT2D eigenvalue weighted by molar-refractivity contribution is -0.136. The zero-order valence-corrected chi connectivity index (χ0v) is 17.2. The molecule has 156 valence electrons. The van der Waals surface area contributed by atoms with Gasteiger partial charge in [-0.2, -0.15) is 0 Å². The molecule has 1 aromatic rings. The van der Waals surface area contributed by atoms with E-state index in [4.69, 9.17) is 9.84 Å². The highest BCUT2D eigenvalue weighted by Crippen LogP contribution is 2.24. The third kappa shape index (κ3) is 4.71. The second-order valence-electron chi connectivity index (χ2n) is 6.09. The number of ether oxygens (including phenoxy) is 1. The molecule has 0 radical (unpaired) electrons. The van der Waals surface area contributed by atoms with E-state index in [-0.39, 0.29) is 35.9 Å². The maximum absolute atomic E-state index is 12.5. The lowest BCUT2D eigenvalue weighted by Gasteiger charge is -2.15. The lowest BCUT2D eigenvalue weighted by atomic mass is 10.2. The van der Waals surface area contributed by atoms with Crippen molar-refractivity contribution in [3.8, 4) is 0 Å².